The molecule has 1 rings (SSSR count). The van der Waals surface area contributed by atoms with Crippen LogP contribution in [0.25, 0.3) is 0 Å². The number of amides is 1. The molecular weight excluding hydrogens is 196 g/mol. The molecule has 1 unspecified atom stereocenters. The highest BCUT2D eigenvalue weighted by Gasteiger charge is 2.31. The Balaban J connectivity index is 2.51. The van der Waals surface area contributed by atoms with E-state index in [-0.39, 0.29) is 22.4 Å². The van der Waals surface area contributed by atoms with Gasteiger partial charge in [0.2, 0.25) is 5.91 Å². The van der Waals surface area contributed by atoms with Crippen molar-refractivity contribution in [1.29, 1.82) is 0 Å². The van der Waals surface area contributed by atoms with E-state index in [1.165, 1.54) is 12.8 Å². The number of rotatable bonds is 3. The van der Waals surface area contributed by atoms with Gasteiger partial charge in [-0.3, -0.25) is 4.79 Å². The molecule has 0 aromatic carbocycles. The predicted octanol–water partition coefficient (Wildman–Crippen LogP) is 1.36. The molecule has 0 radical (unpaired) electrons. The minimum atomic E-state index is -0.359. The summed E-state index contributed by atoms with van der Waals surface area (Å²) in [5.74, 6) is -0.399. The lowest BCUT2D eigenvalue weighted by molar-refractivity contribution is -0.124. The summed E-state index contributed by atoms with van der Waals surface area (Å²) in [6, 6.07) is 0. The molecule has 0 spiro atoms. The standard InChI is InChI=1S/C10H18N2OS/c1-7(8(11)14)9(13)12-10(2)5-3-4-6-10/h7H,3-6H2,1-2H3,(H2,11,14)(H,12,13). The maximum absolute atomic E-state index is 11.7. The van der Waals surface area contributed by atoms with Crippen LogP contribution in [-0.2, 0) is 4.79 Å². The zero-order valence-corrected chi connectivity index (χ0v) is 9.62. The van der Waals surface area contributed by atoms with Crippen molar-refractivity contribution >= 4 is 23.1 Å². The highest BCUT2D eigenvalue weighted by atomic mass is 32.1. The summed E-state index contributed by atoms with van der Waals surface area (Å²) < 4.78 is 0. The first-order valence-corrected chi connectivity index (χ1v) is 5.47. The molecular formula is C10H18N2OS. The third kappa shape index (κ3) is 2.67. The Kier molecular flexibility index (Phi) is 3.48. The highest BCUT2D eigenvalue weighted by molar-refractivity contribution is 7.80. The maximum atomic E-state index is 11.7. The van der Waals surface area contributed by atoms with Gasteiger partial charge >= 0.3 is 0 Å². The lowest BCUT2D eigenvalue weighted by Crippen LogP contribution is -2.48. The molecule has 1 atom stereocenters. The van der Waals surface area contributed by atoms with E-state index in [0.29, 0.717) is 0 Å². The summed E-state index contributed by atoms with van der Waals surface area (Å²) in [5, 5.41) is 3.03. The lowest BCUT2D eigenvalue weighted by Gasteiger charge is -2.26. The van der Waals surface area contributed by atoms with Crippen LogP contribution in [0.3, 0.4) is 0 Å². The number of thiocarbonyl (C=S) groups is 1. The van der Waals surface area contributed by atoms with Crippen LogP contribution in [0, 0.1) is 5.92 Å². The number of hydrogen-bond donors (Lipinski definition) is 2. The monoisotopic (exact) mass is 214 g/mol. The van der Waals surface area contributed by atoms with Crippen LogP contribution in [0.5, 0.6) is 0 Å². The van der Waals surface area contributed by atoms with Crippen molar-refractivity contribution in [3.63, 3.8) is 0 Å². The number of nitrogens with one attached hydrogen (secondary N) is 1. The minimum Gasteiger partial charge on any atom is -0.393 e. The quantitative estimate of drug-likeness (QED) is 0.697. The van der Waals surface area contributed by atoms with E-state index in [9.17, 15) is 4.79 Å². The van der Waals surface area contributed by atoms with Crippen LogP contribution in [-0.4, -0.2) is 16.4 Å². The van der Waals surface area contributed by atoms with Gasteiger partial charge < -0.3 is 11.1 Å². The molecule has 0 heterocycles. The number of nitrogens with two attached hydrogens (primary N) is 1. The Hall–Kier alpha value is -0.640. The van der Waals surface area contributed by atoms with Gasteiger partial charge in [-0.1, -0.05) is 25.1 Å². The van der Waals surface area contributed by atoms with Crippen LogP contribution in [0.2, 0.25) is 0 Å². The molecule has 1 saturated carbocycles. The normalized spacial score (nSPS) is 21.6. The first kappa shape index (κ1) is 11.4. The van der Waals surface area contributed by atoms with Crippen LogP contribution in [0.15, 0.2) is 0 Å². The third-order valence-corrected chi connectivity index (χ3v) is 3.31. The van der Waals surface area contributed by atoms with Crippen LogP contribution in [0.1, 0.15) is 39.5 Å². The van der Waals surface area contributed by atoms with E-state index in [2.05, 4.69) is 12.2 Å². The SMILES string of the molecule is CC(C(=O)NC1(C)CCCC1)C(N)=S. The van der Waals surface area contributed by atoms with E-state index in [0.717, 1.165) is 12.8 Å². The van der Waals surface area contributed by atoms with Crippen LogP contribution in [0.4, 0.5) is 0 Å². The van der Waals surface area contributed by atoms with Crippen LogP contribution < -0.4 is 11.1 Å². The Morgan fingerprint density at radius 2 is 2.00 bits per heavy atom. The average Bonchev–Trinajstić information content (AvgIpc) is 2.50. The van der Waals surface area contributed by atoms with Gasteiger partial charge in [-0.25, -0.2) is 0 Å². The molecule has 0 saturated heterocycles. The molecule has 3 N–H and O–H groups in total. The van der Waals surface area contributed by atoms with Crippen molar-refractivity contribution in [2.24, 2.45) is 11.7 Å². The first-order chi connectivity index (χ1) is 6.44. The second-order valence-electron chi connectivity index (χ2n) is 4.38. The summed E-state index contributed by atoms with van der Waals surface area (Å²) in [6.07, 6.45) is 4.50. The second kappa shape index (κ2) is 4.26. The van der Waals surface area contributed by atoms with Crippen molar-refractivity contribution in [3.8, 4) is 0 Å². The van der Waals surface area contributed by atoms with Gasteiger partial charge in [-0.05, 0) is 26.7 Å². The van der Waals surface area contributed by atoms with E-state index < -0.39 is 0 Å². The van der Waals surface area contributed by atoms with Gasteiger partial charge in [0.1, 0.15) is 0 Å². The molecule has 14 heavy (non-hydrogen) atoms. The van der Waals surface area contributed by atoms with Crippen molar-refractivity contribution < 1.29 is 4.79 Å². The van der Waals surface area contributed by atoms with Gasteiger partial charge in [0, 0.05) is 5.54 Å². The molecule has 1 aliphatic carbocycles. The lowest BCUT2D eigenvalue weighted by atomic mass is 9.99. The summed E-state index contributed by atoms with van der Waals surface area (Å²) >= 11 is 4.79. The third-order valence-electron chi connectivity index (χ3n) is 2.95. The smallest absolute Gasteiger partial charge is 0.230 e. The maximum Gasteiger partial charge on any atom is 0.230 e. The molecule has 80 valence electrons. The fraction of sp³-hybridized carbons (Fsp3) is 0.800. The number of hydrogen-bond acceptors (Lipinski definition) is 2. The molecule has 3 nitrogen and oxygen atoms in total. The molecule has 0 aromatic rings. The van der Waals surface area contributed by atoms with Gasteiger partial charge in [-0.15, -0.1) is 0 Å². The van der Waals surface area contributed by atoms with Crippen molar-refractivity contribution in [2.75, 3.05) is 0 Å². The highest BCUT2D eigenvalue weighted by Crippen LogP contribution is 2.29. The summed E-state index contributed by atoms with van der Waals surface area (Å²) in [6.45, 7) is 3.83. The first-order valence-electron chi connectivity index (χ1n) is 5.06. The van der Waals surface area contributed by atoms with Crippen molar-refractivity contribution in [3.05, 3.63) is 0 Å². The van der Waals surface area contributed by atoms with Crippen molar-refractivity contribution in [2.45, 2.75) is 45.1 Å². The van der Waals surface area contributed by atoms with Crippen LogP contribution >= 0.6 is 12.2 Å². The molecule has 1 amide bonds. The molecule has 1 fully saturated rings. The number of carbonyl (C=O) groups is 1. The van der Waals surface area contributed by atoms with Crippen molar-refractivity contribution in [1.82, 2.24) is 5.32 Å². The van der Waals surface area contributed by atoms with Gasteiger partial charge in [-0.2, -0.15) is 0 Å². The molecule has 0 aromatic heterocycles. The minimum absolute atomic E-state index is 0.0316. The topological polar surface area (TPSA) is 55.1 Å². The molecule has 1 aliphatic rings. The molecule has 4 heteroatoms. The van der Waals surface area contributed by atoms with Gasteiger partial charge in [0.05, 0.1) is 10.9 Å². The summed E-state index contributed by atoms with van der Waals surface area (Å²) in [4.78, 5) is 11.9. The predicted molar refractivity (Wildman–Crippen MR) is 61.0 cm³/mol. The van der Waals surface area contributed by atoms with Gasteiger partial charge in [0.15, 0.2) is 0 Å². The van der Waals surface area contributed by atoms with E-state index >= 15 is 0 Å². The Morgan fingerprint density at radius 1 is 1.50 bits per heavy atom. The average molecular weight is 214 g/mol. The second-order valence-corrected chi connectivity index (χ2v) is 4.85. The van der Waals surface area contributed by atoms with E-state index in [1.54, 1.807) is 6.92 Å². The fourth-order valence-corrected chi connectivity index (χ4v) is 1.92. The Morgan fingerprint density at radius 3 is 2.43 bits per heavy atom. The Labute approximate surface area is 90.4 Å². The largest absolute Gasteiger partial charge is 0.393 e. The van der Waals surface area contributed by atoms with Gasteiger partial charge in [0.25, 0.3) is 0 Å². The van der Waals surface area contributed by atoms with E-state index in [4.69, 9.17) is 18.0 Å². The molecule has 0 aliphatic heterocycles. The summed E-state index contributed by atoms with van der Waals surface area (Å²) in [7, 11) is 0. The Bertz CT molecular complexity index is 247. The zero-order valence-electron chi connectivity index (χ0n) is 8.80. The summed E-state index contributed by atoms with van der Waals surface area (Å²) in [5.41, 5.74) is 5.39. The molecule has 0 bridgehead atoms. The fourth-order valence-electron chi connectivity index (χ4n) is 1.82. The van der Waals surface area contributed by atoms with E-state index in [1.807, 2.05) is 0 Å². The zero-order chi connectivity index (χ0) is 10.8. The number of carbonyl (C=O) groups excluding carboxylic acids is 1.